The second-order valence-electron chi connectivity index (χ2n) is 11.0. The summed E-state index contributed by atoms with van der Waals surface area (Å²) in [6.45, 7) is 4.59. The van der Waals surface area contributed by atoms with Gasteiger partial charge in [-0.1, -0.05) is 31.4 Å². The first-order valence-corrected chi connectivity index (χ1v) is 15.8. The molecule has 2 N–H and O–H groups in total. The molecular formula is C28H36N4O3S2. The lowest BCUT2D eigenvalue weighted by molar-refractivity contribution is -0.115. The monoisotopic (exact) mass is 540 g/mol. The molecule has 2 saturated carbocycles. The Morgan fingerprint density at radius 3 is 2.46 bits per heavy atom. The van der Waals surface area contributed by atoms with Crippen molar-refractivity contribution in [2.45, 2.75) is 82.2 Å². The van der Waals surface area contributed by atoms with Crippen LogP contribution in [0.25, 0.3) is 0 Å². The second-order valence-corrected chi connectivity index (χ2v) is 13.8. The van der Waals surface area contributed by atoms with E-state index >= 15 is 0 Å². The quantitative estimate of drug-likeness (QED) is 0.475. The maximum atomic E-state index is 12.9. The number of amides is 1. The number of rotatable bonds is 9. The zero-order valence-corrected chi connectivity index (χ0v) is 23.1. The Bertz CT molecular complexity index is 1270. The Kier molecular flexibility index (Phi) is 8.01. The van der Waals surface area contributed by atoms with Crippen LogP contribution in [-0.4, -0.2) is 38.4 Å². The highest BCUT2D eigenvalue weighted by Gasteiger charge is 2.32. The SMILES string of the molecule is CC1Cc2sc(NC(=O)Cc3ccc(S(=O)(=O)NCC4CCCC4)cc3)c(C#N)c2CN1CC1CCC1. The minimum atomic E-state index is -3.56. The minimum absolute atomic E-state index is 0.119. The smallest absolute Gasteiger partial charge is 0.240 e. The number of carbonyl (C=O) groups is 1. The average molecular weight is 541 g/mol. The van der Waals surface area contributed by atoms with Crippen molar-refractivity contribution in [2.24, 2.45) is 11.8 Å². The number of thiophene rings is 1. The maximum absolute atomic E-state index is 12.9. The first kappa shape index (κ1) is 26.4. The van der Waals surface area contributed by atoms with Crippen molar-refractivity contribution in [1.82, 2.24) is 9.62 Å². The molecule has 1 amide bonds. The van der Waals surface area contributed by atoms with E-state index < -0.39 is 10.0 Å². The van der Waals surface area contributed by atoms with E-state index in [1.54, 1.807) is 24.3 Å². The van der Waals surface area contributed by atoms with E-state index in [2.05, 4.69) is 27.9 Å². The third-order valence-corrected chi connectivity index (χ3v) is 10.9. The van der Waals surface area contributed by atoms with Crippen LogP contribution in [0.1, 0.15) is 73.4 Å². The molecule has 2 heterocycles. The molecule has 2 aliphatic carbocycles. The largest absolute Gasteiger partial charge is 0.316 e. The standard InChI is InChI=1S/C28H36N4O3S2/c1-19-13-26-25(18-32(19)17-22-7-4-8-22)24(15-29)28(36-26)31-27(33)14-20-9-11-23(12-10-20)37(34,35)30-16-21-5-2-3-6-21/h9-12,19,21-22,30H,2-8,13-14,16-18H2,1H3,(H,31,33). The molecule has 37 heavy (non-hydrogen) atoms. The van der Waals surface area contributed by atoms with E-state index in [0.29, 0.717) is 29.1 Å². The molecule has 7 nitrogen and oxygen atoms in total. The Labute approximate surface area is 224 Å². The minimum Gasteiger partial charge on any atom is -0.316 e. The highest BCUT2D eigenvalue weighted by atomic mass is 32.2. The summed E-state index contributed by atoms with van der Waals surface area (Å²) in [5.41, 5.74) is 2.39. The van der Waals surface area contributed by atoms with Crippen molar-refractivity contribution in [3.05, 3.63) is 45.8 Å². The second kappa shape index (κ2) is 11.2. The van der Waals surface area contributed by atoms with Crippen molar-refractivity contribution < 1.29 is 13.2 Å². The van der Waals surface area contributed by atoms with Gasteiger partial charge in [0, 0.05) is 36.1 Å². The fourth-order valence-electron chi connectivity index (χ4n) is 5.73. The number of carbonyl (C=O) groups excluding carboxylic acids is 1. The van der Waals surface area contributed by atoms with Gasteiger partial charge in [0.2, 0.25) is 15.9 Å². The molecule has 3 aliphatic rings. The van der Waals surface area contributed by atoms with Crippen LogP contribution in [0.4, 0.5) is 5.00 Å². The molecule has 5 rings (SSSR count). The van der Waals surface area contributed by atoms with Gasteiger partial charge in [-0.3, -0.25) is 9.69 Å². The number of anilines is 1. The Balaban J connectivity index is 1.20. The van der Waals surface area contributed by atoms with Crippen LogP contribution >= 0.6 is 11.3 Å². The van der Waals surface area contributed by atoms with E-state index in [0.717, 1.165) is 49.4 Å². The number of benzene rings is 1. The molecule has 0 radical (unpaired) electrons. The lowest BCUT2D eigenvalue weighted by Crippen LogP contribution is -2.42. The predicted molar refractivity (Wildman–Crippen MR) is 146 cm³/mol. The Morgan fingerprint density at radius 2 is 1.81 bits per heavy atom. The number of hydrogen-bond acceptors (Lipinski definition) is 6. The van der Waals surface area contributed by atoms with E-state index in [1.165, 1.54) is 48.3 Å². The average Bonchev–Trinajstić information content (AvgIpc) is 3.47. The summed E-state index contributed by atoms with van der Waals surface area (Å²) in [4.78, 5) is 16.8. The summed E-state index contributed by atoms with van der Waals surface area (Å²) < 4.78 is 28.0. The third kappa shape index (κ3) is 6.09. The molecule has 1 aromatic heterocycles. The van der Waals surface area contributed by atoms with Crippen LogP contribution in [0.5, 0.6) is 0 Å². The summed E-state index contributed by atoms with van der Waals surface area (Å²) in [5, 5.41) is 13.5. The van der Waals surface area contributed by atoms with Gasteiger partial charge in [0.15, 0.2) is 0 Å². The van der Waals surface area contributed by atoms with Gasteiger partial charge in [-0.25, -0.2) is 13.1 Å². The molecule has 198 valence electrons. The highest BCUT2D eigenvalue weighted by molar-refractivity contribution is 7.89. The first-order chi connectivity index (χ1) is 17.8. The zero-order valence-electron chi connectivity index (χ0n) is 21.5. The van der Waals surface area contributed by atoms with Crippen molar-refractivity contribution in [3.8, 4) is 6.07 Å². The Morgan fingerprint density at radius 1 is 1.11 bits per heavy atom. The molecule has 1 atom stereocenters. The number of sulfonamides is 1. The highest BCUT2D eigenvalue weighted by Crippen LogP contribution is 2.39. The molecule has 1 aliphatic heterocycles. The lowest BCUT2D eigenvalue weighted by atomic mass is 9.84. The van der Waals surface area contributed by atoms with Gasteiger partial charge in [0.1, 0.15) is 11.1 Å². The molecule has 2 fully saturated rings. The predicted octanol–water partition coefficient (Wildman–Crippen LogP) is 4.82. The normalized spacial score (nSPS) is 20.8. The van der Waals surface area contributed by atoms with Gasteiger partial charge in [-0.2, -0.15) is 5.26 Å². The zero-order chi connectivity index (χ0) is 26.0. The van der Waals surface area contributed by atoms with Gasteiger partial charge in [0.05, 0.1) is 16.9 Å². The van der Waals surface area contributed by atoms with Crippen LogP contribution in [0.15, 0.2) is 29.2 Å². The van der Waals surface area contributed by atoms with Crippen LogP contribution in [0, 0.1) is 23.2 Å². The van der Waals surface area contributed by atoms with Crippen LogP contribution < -0.4 is 10.0 Å². The Hall–Kier alpha value is -2.25. The van der Waals surface area contributed by atoms with E-state index in [9.17, 15) is 18.5 Å². The van der Waals surface area contributed by atoms with Gasteiger partial charge in [0.25, 0.3) is 0 Å². The maximum Gasteiger partial charge on any atom is 0.240 e. The molecule has 9 heteroatoms. The van der Waals surface area contributed by atoms with Crippen LogP contribution in [-0.2, 0) is 34.2 Å². The number of nitriles is 1. The molecule has 1 unspecified atom stereocenters. The molecule has 2 aromatic rings. The van der Waals surface area contributed by atoms with Crippen molar-refractivity contribution in [3.63, 3.8) is 0 Å². The lowest BCUT2D eigenvalue weighted by Gasteiger charge is -2.38. The summed E-state index contributed by atoms with van der Waals surface area (Å²) in [6.07, 6.45) is 9.45. The molecule has 0 spiro atoms. The van der Waals surface area contributed by atoms with E-state index in [1.807, 2.05) is 0 Å². The summed E-state index contributed by atoms with van der Waals surface area (Å²) in [7, 11) is -3.56. The summed E-state index contributed by atoms with van der Waals surface area (Å²) in [6, 6.07) is 9.27. The van der Waals surface area contributed by atoms with Gasteiger partial charge in [-0.15, -0.1) is 11.3 Å². The summed E-state index contributed by atoms with van der Waals surface area (Å²) >= 11 is 1.52. The molecule has 1 aromatic carbocycles. The third-order valence-electron chi connectivity index (χ3n) is 8.27. The topological polar surface area (TPSA) is 102 Å². The van der Waals surface area contributed by atoms with E-state index in [4.69, 9.17) is 0 Å². The van der Waals surface area contributed by atoms with Crippen molar-refractivity contribution in [1.29, 1.82) is 5.26 Å². The van der Waals surface area contributed by atoms with E-state index in [-0.39, 0.29) is 17.2 Å². The van der Waals surface area contributed by atoms with Crippen LogP contribution in [0.2, 0.25) is 0 Å². The number of nitrogens with zero attached hydrogens (tertiary/aromatic N) is 2. The number of hydrogen-bond donors (Lipinski definition) is 2. The van der Waals surface area contributed by atoms with Crippen molar-refractivity contribution in [2.75, 3.05) is 18.4 Å². The fourth-order valence-corrected chi connectivity index (χ4v) is 8.14. The molecule has 0 bridgehead atoms. The number of nitrogens with one attached hydrogen (secondary N) is 2. The fraction of sp³-hybridized carbons (Fsp3) is 0.571. The van der Waals surface area contributed by atoms with Crippen LogP contribution in [0.3, 0.4) is 0 Å². The number of fused-ring (bicyclic) bond motifs is 1. The van der Waals surface area contributed by atoms with Crippen molar-refractivity contribution >= 4 is 32.3 Å². The van der Waals surface area contributed by atoms with Gasteiger partial charge < -0.3 is 5.32 Å². The summed E-state index contributed by atoms with van der Waals surface area (Å²) in [5.74, 6) is 0.995. The van der Waals surface area contributed by atoms with Gasteiger partial charge >= 0.3 is 0 Å². The molecule has 0 saturated heterocycles. The van der Waals surface area contributed by atoms with Gasteiger partial charge in [-0.05, 0) is 68.6 Å². The first-order valence-electron chi connectivity index (χ1n) is 13.5. The molecular weight excluding hydrogens is 504 g/mol.